The van der Waals surface area contributed by atoms with Crippen molar-refractivity contribution in [1.82, 2.24) is 4.98 Å². The Balaban J connectivity index is 1.37. The van der Waals surface area contributed by atoms with Crippen LogP contribution in [0.1, 0.15) is 0 Å². The van der Waals surface area contributed by atoms with Crippen LogP contribution in [0.2, 0.25) is 0 Å². The minimum Gasteiger partial charge on any atom is -0.484 e. The van der Waals surface area contributed by atoms with Gasteiger partial charge in [0.2, 0.25) is 5.89 Å². The predicted octanol–water partition coefficient (Wildman–Crippen LogP) is 5.67. The van der Waals surface area contributed by atoms with E-state index >= 15 is 0 Å². The van der Waals surface area contributed by atoms with Crippen molar-refractivity contribution in [2.24, 2.45) is 0 Å². The quantitative estimate of drug-likeness (QED) is 0.417. The van der Waals surface area contributed by atoms with E-state index in [0.717, 1.165) is 16.3 Å². The number of amides is 1. The first-order chi connectivity index (χ1) is 14.8. The molecule has 1 N–H and O–H groups in total. The highest BCUT2D eigenvalue weighted by Crippen LogP contribution is 2.31. The van der Waals surface area contributed by atoms with Crippen molar-refractivity contribution in [3.8, 4) is 17.2 Å². The maximum absolute atomic E-state index is 12.2. The molecular weight excluding hydrogens is 376 g/mol. The molecule has 30 heavy (non-hydrogen) atoms. The van der Waals surface area contributed by atoms with Crippen molar-refractivity contribution in [3.05, 3.63) is 91.0 Å². The fourth-order valence-electron chi connectivity index (χ4n) is 3.39. The number of carbonyl (C=O) groups excluding carboxylic acids is 1. The largest absolute Gasteiger partial charge is 0.484 e. The summed E-state index contributed by atoms with van der Waals surface area (Å²) < 4.78 is 11.5. The molecule has 0 unspecified atom stereocenters. The summed E-state index contributed by atoms with van der Waals surface area (Å²) in [4.78, 5) is 16.9. The molecule has 5 aromatic rings. The van der Waals surface area contributed by atoms with E-state index in [-0.39, 0.29) is 12.5 Å². The van der Waals surface area contributed by atoms with Gasteiger partial charge in [-0.05, 0) is 47.2 Å². The van der Waals surface area contributed by atoms with Crippen LogP contribution in [0, 0.1) is 0 Å². The number of hydrogen-bond donors (Lipinski definition) is 1. The third-order valence-corrected chi connectivity index (χ3v) is 4.80. The van der Waals surface area contributed by atoms with Gasteiger partial charge in [0.25, 0.3) is 5.91 Å². The summed E-state index contributed by atoms with van der Waals surface area (Å²) in [6, 6.07) is 28.8. The van der Waals surface area contributed by atoms with Crippen LogP contribution in [0.25, 0.3) is 33.3 Å². The Hall–Kier alpha value is -4.12. The summed E-state index contributed by atoms with van der Waals surface area (Å²) >= 11 is 0. The second-order valence-electron chi connectivity index (χ2n) is 6.88. The minimum absolute atomic E-state index is 0.0673. The van der Waals surface area contributed by atoms with Gasteiger partial charge >= 0.3 is 0 Å². The third kappa shape index (κ3) is 3.61. The minimum atomic E-state index is -0.240. The lowest BCUT2D eigenvalue weighted by Crippen LogP contribution is -2.20. The van der Waals surface area contributed by atoms with Gasteiger partial charge in [0.15, 0.2) is 12.2 Å². The molecule has 5 nitrogen and oxygen atoms in total. The molecule has 0 saturated heterocycles. The molecule has 1 heterocycles. The molecule has 0 atom stereocenters. The summed E-state index contributed by atoms with van der Waals surface area (Å²) in [6.45, 7) is -0.0673. The van der Waals surface area contributed by atoms with Crippen LogP contribution in [0.4, 0.5) is 5.69 Å². The smallest absolute Gasteiger partial charge is 0.262 e. The van der Waals surface area contributed by atoms with Gasteiger partial charge in [-0.2, -0.15) is 0 Å². The fourth-order valence-corrected chi connectivity index (χ4v) is 3.39. The van der Waals surface area contributed by atoms with Gasteiger partial charge in [0.05, 0.1) is 0 Å². The van der Waals surface area contributed by atoms with E-state index in [1.807, 2.05) is 60.7 Å². The first kappa shape index (κ1) is 17.9. The van der Waals surface area contributed by atoms with Gasteiger partial charge in [0, 0.05) is 11.3 Å². The maximum atomic E-state index is 12.2. The lowest BCUT2D eigenvalue weighted by molar-refractivity contribution is -0.118. The molecule has 5 rings (SSSR count). The summed E-state index contributed by atoms with van der Waals surface area (Å²) in [5.41, 5.74) is 2.92. The van der Waals surface area contributed by atoms with E-state index in [2.05, 4.69) is 28.5 Å². The van der Waals surface area contributed by atoms with Crippen molar-refractivity contribution in [2.75, 3.05) is 11.9 Å². The van der Waals surface area contributed by atoms with Gasteiger partial charge in [-0.15, -0.1) is 0 Å². The van der Waals surface area contributed by atoms with Crippen LogP contribution in [0.5, 0.6) is 5.75 Å². The summed E-state index contributed by atoms with van der Waals surface area (Å²) in [6.07, 6.45) is 0. The van der Waals surface area contributed by atoms with E-state index in [1.54, 1.807) is 12.1 Å². The molecule has 0 aliphatic carbocycles. The molecule has 0 aliphatic heterocycles. The van der Waals surface area contributed by atoms with Crippen LogP contribution in [0.3, 0.4) is 0 Å². The topological polar surface area (TPSA) is 64.4 Å². The highest BCUT2D eigenvalue weighted by atomic mass is 16.5. The van der Waals surface area contributed by atoms with Crippen LogP contribution < -0.4 is 10.1 Å². The SMILES string of the molecule is O=C(COc1ccccc1)Nc1ccc2oc(-c3cccc4ccccc34)nc2c1. The average molecular weight is 394 g/mol. The molecular formula is C25H18N2O3. The van der Waals surface area contributed by atoms with E-state index in [1.165, 1.54) is 0 Å². The van der Waals surface area contributed by atoms with Crippen LogP contribution in [0.15, 0.2) is 95.4 Å². The second kappa shape index (κ2) is 7.72. The van der Waals surface area contributed by atoms with E-state index in [0.29, 0.717) is 28.4 Å². The first-order valence-electron chi connectivity index (χ1n) is 9.63. The number of nitrogens with zero attached hydrogens (tertiary/aromatic N) is 1. The number of carbonyl (C=O) groups is 1. The molecule has 0 saturated carbocycles. The van der Waals surface area contributed by atoms with E-state index in [4.69, 9.17) is 9.15 Å². The van der Waals surface area contributed by atoms with Gasteiger partial charge in [-0.3, -0.25) is 4.79 Å². The van der Waals surface area contributed by atoms with Crippen molar-refractivity contribution in [1.29, 1.82) is 0 Å². The lowest BCUT2D eigenvalue weighted by Gasteiger charge is -2.07. The monoisotopic (exact) mass is 394 g/mol. The Morgan fingerprint density at radius 3 is 2.60 bits per heavy atom. The number of para-hydroxylation sites is 1. The standard InChI is InChI=1S/C25H18N2O3/c28-24(16-29-19-9-2-1-3-10-19)26-18-13-14-23-22(15-18)27-25(30-23)21-12-6-8-17-7-4-5-11-20(17)21/h1-15H,16H2,(H,26,28). The Kier molecular flexibility index (Phi) is 4.62. The molecule has 0 aliphatic rings. The number of nitrogens with one attached hydrogen (secondary N) is 1. The van der Waals surface area contributed by atoms with Crippen LogP contribution in [-0.4, -0.2) is 17.5 Å². The van der Waals surface area contributed by atoms with Crippen molar-refractivity contribution < 1.29 is 13.9 Å². The van der Waals surface area contributed by atoms with Gasteiger partial charge < -0.3 is 14.5 Å². The van der Waals surface area contributed by atoms with Crippen LogP contribution >= 0.6 is 0 Å². The molecule has 146 valence electrons. The third-order valence-electron chi connectivity index (χ3n) is 4.80. The average Bonchev–Trinajstić information content (AvgIpc) is 3.21. The molecule has 1 aromatic heterocycles. The van der Waals surface area contributed by atoms with Crippen molar-refractivity contribution in [2.45, 2.75) is 0 Å². The number of aromatic nitrogens is 1. The molecule has 0 spiro atoms. The zero-order chi connectivity index (χ0) is 20.3. The van der Waals surface area contributed by atoms with E-state index < -0.39 is 0 Å². The zero-order valence-corrected chi connectivity index (χ0v) is 16.0. The summed E-state index contributed by atoms with van der Waals surface area (Å²) in [5, 5.41) is 5.05. The van der Waals surface area contributed by atoms with Crippen LogP contribution in [-0.2, 0) is 4.79 Å². The first-order valence-corrected chi connectivity index (χ1v) is 9.63. The Morgan fingerprint density at radius 1 is 0.900 bits per heavy atom. The molecule has 0 radical (unpaired) electrons. The van der Waals surface area contributed by atoms with Gasteiger partial charge in [-0.1, -0.05) is 54.6 Å². The molecule has 1 amide bonds. The fraction of sp³-hybridized carbons (Fsp3) is 0.0400. The number of fused-ring (bicyclic) bond motifs is 2. The molecule has 0 bridgehead atoms. The number of anilines is 1. The predicted molar refractivity (Wildman–Crippen MR) is 118 cm³/mol. The Morgan fingerprint density at radius 2 is 1.70 bits per heavy atom. The lowest BCUT2D eigenvalue weighted by atomic mass is 10.0. The number of benzene rings is 4. The normalized spacial score (nSPS) is 10.9. The van der Waals surface area contributed by atoms with E-state index in [9.17, 15) is 4.79 Å². The van der Waals surface area contributed by atoms with Crippen molar-refractivity contribution >= 4 is 33.5 Å². The number of rotatable bonds is 5. The highest BCUT2D eigenvalue weighted by Gasteiger charge is 2.12. The maximum Gasteiger partial charge on any atom is 0.262 e. The highest BCUT2D eigenvalue weighted by molar-refractivity contribution is 5.97. The number of oxazole rings is 1. The number of hydrogen-bond acceptors (Lipinski definition) is 4. The van der Waals surface area contributed by atoms with Gasteiger partial charge in [0.1, 0.15) is 11.3 Å². The second-order valence-corrected chi connectivity index (χ2v) is 6.88. The van der Waals surface area contributed by atoms with Crippen molar-refractivity contribution in [3.63, 3.8) is 0 Å². The summed E-state index contributed by atoms with van der Waals surface area (Å²) in [5.74, 6) is 0.966. The number of ether oxygens (including phenoxy) is 1. The molecule has 0 fully saturated rings. The Labute approximate surface area is 172 Å². The summed E-state index contributed by atoms with van der Waals surface area (Å²) in [7, 11) is 0. The zero-order valence-electron chi connectivity index (χ0n) is 16.0. The molecule has 4 aromatic carbocycles. The Bertz CT molecular complexity index is 1340. The molecule has 5 heteroatoms. The van der Waals surface area contributed by atoms with Gasteiger partial charge in [-0.25, -0.2) is 4.98 Å².